The zero-order chi connectivity index (χ0) is 16.2. The number of benzene rings is 1. The second-order valence-corrected chi connectivity index (χ2v) is 5.38. The largest absolute Gasteiger partial charge is 0.378 e. The van der Waals surface area contributed by atoms with Crippen LogP contribution >= 0.6 is 0 Å². The standard InChI is InChI=1S/C15H18N4O4/c20-13(9-11-14(21)18-15(22)17-11)16-10-3-1-2-4-12(10)19-5-7-23-8-6-19/h1-4,11H,5-9H2,(H,16,20)(H2,17,18,21,22). The van der Waals surface area contributed by atoms with Gasteiger partial charge in [-0.15, -0.1) is 0 Å². The fourth-order valence-corrected chi connectivity index (χ4v) is 2.65. The van der Waals surface area contributed by atoms with Gasteiger partial charge in [0.2, 0.25) is 5.91 Å². The summed E-state index contributed by atoms with van der Waals surface area (Å²) in [4.78, 5) is 36.9. The Bertz CT molecular complexity index is 628. The predicted octanol–water partition coefficient (Wildman–Crippen LogP) is 0.0598. The second-order valence-electron chi connectivity index (χ2n) is 5.38. The van der Waals surface area contributed by atoms with Crippen LogP contribution in [0.25, 0.3) is 0 Å². The van der Waals surface area contributed by atoms with Gasteiger partial charge in [-0.3, -0.25) is 14.9 Å². The number of rotatable bonds is 4. The van der Waals surface area contributed by atoms with Gasteiger partial charge in [0.15, 0.2) is 0 Å². The van der Waals surface area contributed by atoms with Gasteiger partial charge in [0.25, 0.3) is 5.91 Å². The van der Waals surface area contributed by atoms with Crippen molar-refractivity contribution in [2.24, 2.45) is 0 Å². The molecule has 0 spiro atoms. The van der Waals surface area contributed by atoms with Crippen LogP contribution in [0.2, 0.25) is 0 Å². The molecule has 3 N–H and O–H groups in total. The van der Waals surface area contributed by atoms with Gasteiger partial charge in [0.05, 0.1) is 31.0 Å². The van der Waals surface area contributed by atoms with Crippen molar-refractivity contribution in [3.8, 4) is 0 Å². The minimum absolute atomic E-state index is 0.102. The highest BCUT2D eigenvalue weighted by Gasteiger charge is 2.31. The molecule has 1 unspecified atom stereocenters. The smallest absolute Gasteiger partial charge is 0.322 e. The van der Waals surface area contributed by atoms with Gasteiger partial charge in [0, 0.05) is 13.1 Å². The average molecular weight is 318 g/mol. The molecule has 1 atom stereocenters. The van der Waals surface area contributed by atoms with E-state index in [1.54, 1.807) is 0 Å². The number of nitrogens with zero attached hydrogens (tertiary/aromatic N) is 1. The molecular formula is C15H18N4O4. The molecule has 0 bridgehead atoms. The lowest BCUT2D eigenvalue weighted by Crippen LogP contribution is -2.37. The van der Waals surface area contributed by atoms with Gasteiger partial charge in [-0.2, -0.15) is 0 Å². The van der Waals surface area contributed by atoms with Crippen LogP contribution in [-0.2, 0) is 14.3 Å². The van der Waals surface area contributed by atoms with Crippen molar-refractivity contribution in [3.63, 3.8) is 0 Å². The molecule has 1 aromatic rings. The molecule has 3 rings (SSSR count). The van der Waals surface area contributed by atoms with Crippen LogP contribution in [-0.4, -0.2) is 50.2 Å². The highest BCUT2D eigenvalue weighted by atomic mass is 16.5. The monoisotopic (exact) mass is 318 g/mol. The number of urea groups is 1. The van der Waals surface area contributed by atoms with Gasteiger partial charge in [-0.25, -0.2) is 4.79 Å². The van der Waals surface area contributed by atoms with E-state index in [9.17, 15) is 14.4 Å². The van der Waals surface area contributed by atoms with Crippen molar-refractivity contribution in [2.45, 2.75) is 12.5 Å². The maximum Gasteiger partial charge on any atom is 0.322 e. The van der Waals surface area contributed by atoms with Crippen molar-refractivity contribution >= 4 is 29.2 Å². The molecule has 23 heavy (non-hydrogen) atoms. The molecule has 2 heterocycles. The summed E-state index contributed by atoms with van der Waals surface area (Å²) in [6, 6.07) is 6.11. The zero-order valence-corrected chi connectivity index (χ0v) is 12.5. The van der Waals surface area contributed by atoms with Crippen molar-refractivity contribution < 1.29 is 19.1 Å². The van der Waals surface area contributed by atoms with E-state index in [2.05, 4.69) is 20.9 Å². The van der Waals surface area contributed by atoms with Crippen molar-refractivity contribution in [2.75, 3.05) is 36.5 Å². The van der Waals surface area contributed by atoms with Crippen LogP contribution in [0.1, 0.15) is 6.42 Å². The first-order valence-corrected chi connectivity index (χ1v) is 7.46. The molecule has 2 fully saturated rings. The summed E-state index contributed by atoms with van der Waals surface area (Å²) >= 11 is 0. The number of morpholine rings is 1. The number of amides is 4. The third-order valence-electron chi connectivity index (χ3n) is 3.78. The molecule has 2 aliphatic heterocycles. The third kappa shape index (κ3) is 3.59. The Hall–Kier alpha value is -2.61. The summed E-state index contributed by atoms with van der Waals surface area (Å²) in [6.07, 6.45) is -0.102. The molecular weight excluding hydrogens is 300 g/mol. The number of hydrogen-bond acceptors (Lipinski definition) is 5. The Balaban J connectivity index is 1.66. The predicted molar refractivity (Wildman–Crippen MR) is 83.2 cm³/mol. The quantitative estimate of drug-likeness (QED) is 0.682. The zero-order valence-electron chi connectivity index (χ0n) is 12.5. The van der Waals surface area contributed by atoms with Crippen LogP contribution in [0, 0.1) is 0 Å². The Morgan fingerprint density at radius 1 is 1.26 bits per heavy atom. The third-order valence-corrected chi connectivity index (χ3v) is 3.78. The van der Waals surface area contributed by atoms with E-state index in [-0.39, 0.29) is 12.3 Å². The van der Waals surface area contributed by atoms with E-state index in [1.165, 1.54) is 0 Å². The number of hydrogen-bond donors (Lipinski definition) is 3. The summed E-state index contributed by atoms with van der Waals surface area (Å²) in [7, 11) is 0. The first-order valence-electron chi connectivity index (χ1n) is 7.46. The molecule has 8 nitrogen and oxygen atoms in total. The highest BCUT2D eigenvalue weighted by Crippen LogP contribution is 2.26. The van der Waals surface area contributed by atoms with E-state index in [0.29, 0.717) is 18.9 Å². The minimum Gasteiger partial charge on any atom is -0.378 e. The van der Waals surface area contributed by atoms with Gasteiger partial charge < -0.3 is 20.3 Å². The number of carbonyl (C=O) groups is 3. The summed E-state index contributed by atoms with van der Waals surface area (Å²) in [5.74, 6) is -0.806. The molecule has 0 aromatic heterocycles. The number of imide groups is 1. The molecule has 4 amide bonds. The number of anilines is 2. The molecule has 0 saturated carbocycles. The van der Waals surface area contributed by atoms with Crippen molar-refractivity contribution in [1.29, 1.82) is 0 Å². The van der Waals surface area contributed by atoms with Crippen LogP contribution < -0.4 is 20.9 Å². The van der Waals surface area contributed by atoms with E-state index in [1.807, 2.05) is 24.3 Å². The number of para-hydroxylation sites is 2. The molecule has 1 aromatic carbocycles. The van der Waals surface area contributed by atoms with Gasteiger partial charge in [0.1, 0.15) is 6.04 Å². The van der Waals surface area contributed by atoms with E-state index in [0.717, 1.165) is 18.8 Å². The Labute approximate surface area is 133 Å². The maximum absolute atomic E-state index is 12.2. The Morgan fingerprint density at radius 2 is 2.00 bits per heavy atom. The Morgan fingerprint density at radius 3 is 2.70 bits per heavy atom. The number of carbonyl (C=O) groups excluding carboxylic acids is 3. The van der Waals surface area contributed by atoms with E-state index in [4.69, 9.17) is 4.74 Å². The van der Waals surface area contributed by atoms with Gasteiger partial charge in [-0.1, -0.05) is 12.1 Å². The topological polar surface area (TPSA) is 99.8 Å². The van der Waals surface area contributed by atoms with Crippen LogP contribution in [0.3, 0.4) is 0 Å². The summed E-state index contributed by atoms with van der Waals surface area (Å²) in [5, 5.41) is 7.34. The Kier molecular flexibility index (Phi) is 4.42. The molecule has 0 radical (unpaired) electrons. The molecule has 122 valence electrons. The maximum atomic E-state index is 12.2. The minimum atomic E-state index is -0.821. The van der Waals surface area contributed by atoms with Crippen LogP contribution in [0.15, 0.2) is 24.3 Å². The lowest BCUT2D eigenvalue weighted by molar-refractivity contribution is -0.124. The molecule has 0 aliphatic carbocycles. The molecule has 2 saturated heterocycles. The fraction of sp³-hybridized carbons (Fsp3) is 0.400. The lowest BCUT2D eigenvalue weighted by atomic mass is 10.2. The highest BCUT2D eigenvalue weighted by molar-refractivity contribution is 6.07. The SMILES string of the molecule is O=C(CC1NC(=O)NC1=O)Nc1ccccc1N1CCOCC1. The second kappa shape index (κ2) is 6.66. The van der Waals surface area contributed by atoms with Crippen LogP contribution in [0.5, 0.6) is 0 Å². The summed E-state index contributed by atoms with van der Waals surface area (Å²) < 4.78 is 5.34. The normalized spacial score (nSPS) is 20.9. The number of ether oxygens (including phenoxy) is 1. The van der Waals surface area contributed by atoms with Crippen molar-refractivity contribution in [3.05, 3.63) is 24.3 Å². The fourth-order valence-electron chi connectivity index (χ4n) is 2.65. The van der Waals surface area contributed by atoms with Gasteiger partial charge in [-0.05, 0) is 12.1 Å². The van der Waals surface area contributed by atoms with E-state index >= 15 is 0 Å². The van der Waals surface area contributed by atoms with E-state index < -0.39 is 18.0 Å². The summed E-state index contributed by atoms with van der Waals surface area (Å²) in [6.45, 7) is 2.81. The average Bonchev–Trinajstić information content (AvgIpc) is 2.86. The first-order chi connectivity index (χ1) is 11.1. The molecule has 2 aliphatic rings. The number of nitrogens with one attached hydrogen (secondary N) is 3. The van der Waals surface area contributed by atoms with Gasteiger partial charge >= 0.3 is 6.03 Å². The van der Waals surface area contributed by atoms with Crippen molar-refractivity contribution in [1.82, 2.24) is 10.6 Å². The first kappa shape index (κ1) is 15.3. The van der Waals surface area contributed by atoms with Crippen LogP contribution in [0.4, 0.5) is 16.2 Å². The lowest BCUT2D eigenvalue weighted by Gasteiger charge is -2.30. The summed E-state index contributed by atoms with van der Waals surface area (Å²) in [5.41, 5.74) is 1.60. The molecule has 8 heteroatoms.